The first-order valence-corrected chi connectivity index (χ1v) is 3.64. The van der Waals surface area contributed by atoms with Gasteiger partial charge >= 0.3 is 0 Å². The summed E-state index contributed by atoms with van der Waals surface area (Å²) < 4.78 is 0. The molecule has 2 radical (unpaired) electrons. The standard InChI is InChI=1S/C8H10O2/c9-5-7-3-1-2-4-8(7)6-10/h7-8H,1-4H2. The maximum atomic E-state index is 10.2. The average molecular weight is 138 g/mol. The Morgan fingerprint density at radius 3 is 1.60 bits per heavy atom. The summed E-state index contributed by atoms with van der Waals surface area (Å²) in [6, 6.07) is 0. The predicted octanol–water partition coefficient (Wildman–Crippen LogP) is 1.01. The molecule has 1 aliphatic carbocycles. The molecule has 1 aliphatic rings. The van der Waals surface area contributed by atoms with Crippen LogP contribution < -0.4 is 0 Å². The molecule has 54 valence electrons. The Hall–Kier alpha value is -0.660. The van der Waals surface area contributed by atoms with Crippen molar-refractivity contribution in [2.24, 2.45) is 11.8 Å². The van der Waals surface area contributed by atoms with E-state index in [-0.39, 0.29) is 11.8 Å². The number of hydrogen-bond donors (Lipinski definition) is 0. The van der Waals surface area contributed by atoms with Crippen LogP contribution in [0.3, 0.4) is 0 Å². The highest BCUT2D eigenvalue weighted by Gasteiger charge is 2.25. The van der Waals surface area contributed by atoms with Gasteiger partial charge in [-0.1, -0.05) is 12.8 Å². The second-order valence-electron chi connectivity index (χ2n) is 2.73. The molecule has 0 bridgehead atoms. The minimum atomic E-state index is -0.161. The van der Waals surface area contributed by atoms with Gasteiger partial charge in [-0.2, -0.15) is 0 Å². The van der Waals surface area contributed by atoms with Gasteiger partial charge < -0.3 is 0 Å². The number of hydrogen-bond acceptors (Lipinski definition) is 2. The van der Waals surface area contributed by atoms with Crippen LogP contribution in [0.15, 0.2) is 0 Å². The fourth-order valence-corrected chi connectivity index (χ4v) is 1.41. The Kier molecular flexibility index (Phi) is 2.60. The first-order chi connectivity index (χ1) is 4.88. The third kappa shape index (κ3) is 1.43. The molecule has 0 amide bonds. The van der Waals surface area contributed by atoms with Crippen LogP contribution in [0.4, 0.5) is 0 Å². The van der Waals surface area contributed by atoms with Gasteiger partial charge in [0, 0.05) is 11.8 Å². The molecule has 0 aromatic rings. The molecule has 0 heterocycles. The Labute approximate surface area is 60.6 Å². The smallest absolute Gasteiger partial charge is 0.202 e. The zero-order valence-corrected chi connectivity index (χ0v) is 5.80. The van der Waals surface area contributed by atoms with E-state index in [2.05, 4.69) is 0 Å². The van der Waals surface area contributed by atoms with E-state index in [4.69, 9.17) is 0 Å². The Morgan fingerprint density at radius 2 is 1.30 bits per heavy atom. The molecule has 0 saturated heterocycles. The van der Waals surface area contributed by atoms with Crippen LogP contribution in [0.25, 0.3) is 0 Å². The highest BCUT2D eigenvalue weighted by atomic mass is 16.1. The first-order valence-electron chi connectivity index (χ1n) is 3.64. The summed E-state index contributed by atoms with van der Waals surface area (Å²) in [5.74, 6) is -0.322. The van der Waals surface area contributed by atoms with Crippen molar-refractivity contribution in [3.63, 3.8) is 0 Å². The Morgan fingerprint density at radius 1 is 0.900 bits per heavy atom. The summed E-state index contributed by atoms with van der Waals surface area (Å²) in [7, 11) is 0. The van der Waals surface area contributed by atoms with Crippen molar-refractivity contribution < 1.29 is 9.59 Å². The Balaban J connectivity index is 2.49. The highest BCUT2D eigenvalue weighted by molar-refractivity contribution is 5.65. The monoisotopic (exact) mass is 138 g/mol. The molecule has 0 spiro atoms. The average Bonchev–Trinajstić information content (AvgIpc) is 2.04. The van der Waals surface area contributed by atoms with Crippen molar-refractivity contribution in [2.45, 2.75) is 25.7 Å². The van der Waals surface area contributed by atoms with E-state index in [1.165, 1.54) is 0 Å². The van der Waals surface area contributed by atoms with Crippen LogP contribution in [-0.2, 0) is 9.59 Å². The zero-order chi connectivity index (χ0) is 7.40. The molecule has 2 unspecified atom stereocenters. The summed E-state index contributed by atoms with van der Waals surface area (Å²) in [6.07, 6.45) is 7.54. The lowest BCUT2D eigenvalue weighted by Gasteiger charge is -2.20. The van der Waals surface area contributed by atoms with E-state index in [0.717, 1.165) is 25.7 Å². The minimum Gasteiger partial charge on any atom is -0.291 e. The van der Waals surface area contributed by atoms with Crippen LogP contribution in [-0.4, -0.2) is 12.6 Å². The zero-order valence-electron chi connectivity index (χ0n) is 5.80. The fraction of sp³-hybridized carbons (Fsp3) is 0.750. The van der Waals surface area contributed by atoms with Gasteiger partial charge in [0.05, 0.1) is 0 Å². The Bertz CT molecular complexity index is 115. The quantitative estimate of drug-likeness (QED) is 0.570. The van der Waals surface area contributed by atoms with Crippen molar-refractivity contribution in [1.82, 2.24) is 0 Å². The van der Waals surface area contributed by atoms with Crippen molar-refractivity contribution in [3.8, 4) is 0 Å². The van der Waals surface area contributed by atoms with Gasteiger partial charge in [-0.15, -0.1) is 0 Å². The summed E-state index contributed by atoms with van der Waals surface area (Å²) >= 11 is 0. The molecule has 1 saturated carbocycles. The van der Waals surface area contributed by atoms with Crippen molar-refractivity contribution in [1.29, 1.82) is 0 Å². The molecule has 0 N–H and O–H groups in total. The van der Waals surface area contributed by atoms with Gasteiger partial charge in [-0.05, 0) is 12.8 Å². The van der Waals surface area contributed by atoms with Gasteiger partial charge in [0.25, 0.3) is 0 Å². The summed E-state index contributed by atoms with van der Waals surface area (Å²) in [4.78, 5) is 20.5. The lowest BCUT2D eigenvalue weighted by atomic mass is 9.81. The SMILES string of the molecule is O=[C]C1CCCCC1[C]=O. The lowest BCUT2D eigenvalue weighted by Crippen LogP contribution is -2.21. The van der Waals surface area contributed by atoms with Crippen molar-refractivity contribution in [2.75, 3.05) is 0 Å². The fourth-order valence-electron chi connectivity index (χ4n) is 1.41. The van der Waals surface area contributed by atoms with Gasteiger partial charge in [0.2, 0.25) is 12.6 Å². The van der Waals surface area contributed by atoms with Gasteiger partial charge in [0.15, 0.2) is 0 Å². The van der Waals surface area contributed by atoms with E-state index in [1.807, 2.05) is 12.6 Å². The van der Waals surface area contributed by atoms with Crippen molar-refractivity contribution >= 4 is 12.6 Å². The minimum absolute atomic E-state index is 0.161. The molecular formula is C8H10O2. The third-order valence-corrected chi connectivity index (χ3v) is 2.07. The molecular weight excluding hydrogens is 128 g/mol. The molecule has 10 heavy (non-hydrogen) atoms. The summed E-state index contributed by atoms with van der Waals surface area (Å²) in [6.45, 7) is 0. The van der Waals surface area contributed by atoms with E-state index < -0.39 is 0 Å². The van der Waals surface area contributed by atoms with Gasteiger partial charge in [-0.3, -0.25) is 9.59 Å². The van der Waals surface area contributed by atoms with Crippen LogP contribution in [0.2, 0.25) is 0 Å². The number of rotatable bonds is 2. The third-order valence-electron chi connectivity index (χ3n) is 2.07. The van der Waals surface area contributed by atoms with Crippen LogP contribution in [0.1, 0.15) is 25.7 Å². The molecule has 0 aromatic heterocycles. The maximum absolute atomic E-state index is 10.2. The largest absolute Gasteiger partial charge is 0.291 e. The lowest BCUT2D eigenvalue weighted by molar-refractivity contribution is 0.347. The second kappa shape index (κ2) is 3.49. The molecule has 2 nitrogen and oxygen atoms in total. The van der Waals surface area contributed by atoms with Gasteiger partial charge in [0.1, 0.15) is 0 Å². The normalized spacial score (nSPS) is 33.2. The molecule has 1 rings (SSSR count). The maximum Gasteiger partial charge on any atom is 0.202 e. The van der Waals surface area contributed by atoms with E-state index in [0.29, 0.717) is 0 Å². The summed E-state index contributed by atoms with van der Waals surface area (Å²) in [5, 5.41) is 0. The summed E-state index contributed by atoms with van der Waals surface area (Å²) in [5.41, 5.74) is 0. The topological polar surface area (TPSA) is 34.1 Å². The van der Waals surface area contributed by atoms with E-state index in [1.54, 1.807) is 0 Å². The van der Waals surface area contributed by atoms with Crippen LogP contribution in [0, 0.1) is 11.8 Å². The van der Waals surface area contributed by atoms with Gasteiger partial charge in [-0.25, -0.2) is 0 Å². The van der Waals surface area contributed by atoms with Crippen LogP contribution in [0.5, 0.6) is 0 Å². The van der Waals surface area contributed by atoms with E-state index in [9.17, 15) is 9.59 Å². The molecule has 1 fully saturated rings. The highest BCUT2D eigenvalue weighted by Crippen LogP contribution is 2.26. The molecule has 2 heteroatoms. The molecule has 0 aromatic carbocycles. The second-order valence-corrected chi connectivity index (χ2v) is 2.73. The molecule has 2 atom stereocenters. The number of carbonyl (C=O) groups excluding carboxylic acids is 2. The first kappa shape index (κ1) is 7.45. The predicted molar refractivity (Wildman–Crippen MR) is 36.8 cm³/mol. The van der Waals surface area contributed by atoms with Crippen molar-refractivity contribution in [3.05, 3.63) is 0 Å². The van der Waals surface area contributed by atoms with E-state index >= 15 is 0 Å². The van der Waals surface area contributed by atoms with Crippen LogP contribution >= 0.6 is 0 Å². The molecule has 0 aliphatic heterocycles.